The maximum absolute atomic E-state index is 12.1. The predicted molar refractivity (Wildman–Crippen MR) is 81.0 cm³/mol. The fourth-order valence-corrected chi connectivity index (χ4v) is 2.34. The molecular weight excluding hydrogens is 282 g/mol. The molecule has 0 bridgehead atoms. The van der Waals surface area contributed by atoms with Crippen molar-refractivity contribution in [3.63, 3.8) is 0 Å². The van der Waals surface area contributed by atoms with Gasteiger partial charge in [-0.25, -0.2) is 0 Å². The molecule has 0 radical (unpaired) electrons. The highest BCUT2D eigenvalue weighted by Gasteiger charge is 2.53. The summed E-state index contributed by atoms with van der Waals surface area (Å²) in [7, 11) is 0. The summed E-state index contributed by atoms with van der Waals surface area (Å²) in [5, 5.41) is 10.3. The van der Waals surface area contributed by atoms with E-state index in [0.717, 1.165) is 0 Å². The zero-order valence-corrected chi connectivity index (χ0v) is 12.2. The number of ether oxygens (including phenoxy) is 1. The van der Waals surface area contributed by atoms with E-state index in [1.807, 2.05) is 6.07 Å². The highest BCUT2D eigenvalue weighted by Crippen LogP contribution is 2.29. The lowest BCUT2D eigenvalue weighted by Gasteiger charge is -2.47. The minimum atomic E-state index is -1.21. The van der Waals surface area contributed by atoms with E-state index in [-0.39, 0.29) is 23.8 Å². The zero-order valence-electron chi connectivity index (χ0n) is 12.2. The van der Waals surface area contributed by atoms with Gasteiger partial charge in [0, 0.05) is 5.57 Å². The van der Waals surface area contributed by atoms with Crippen LogP contribution in [0, 0.1) is 12.3 Å². The van der Waals surface area contributed by atoms with E-state index in [2.05, 4.69) is 12.5 Å². The quantitative estimate of drug-likeness (QED) is 0.479. The normalized spacial score (nSPS) is 21.5. The summed E-state index contributed by atoms with van der Waals surface area (Å²) in [6, 6.07) is 8.07. The maximum atomic E-state index is 12.1. The Morgan fingerprint density at radius 1 is 1.50 bits per heavy atom. The monoisotopic (exact) mass is 299 g/mol. The summed E-state index contributed by atoms with van der Waals surface area (Å²) in [5.41, 5.74) is 0.0289. The second kappa shape index (κ2) is 6.46. The molecule has 1 aliphatic heterocycles. The molecule has 1 heterocycles. The Balaban J connectivity index is 2.20. The number of aliphatic hydroxyl groups is 1. The summed E-state index contributed by atoms with van der Waals surface area (Å²) in [6.07, 6.45) is 3.14. The van der Waals surface area contributed by atoms with Crippen LogP contribution in [-0.2, 0) is 9.59 Å². The zero-order chi connectivity index (χ0) is 16.3. The number of Topliss-reactive ketones (excluding diaryl/α,β-unsaturated/α-hetero) is 1. The number of para-hydroxylation sites is 1. The van der Waals surface area contributed by atoms with Crippen molar-refractivity contribution in [1.82, 2.24) is 4.90 Å². The van der Waals surface area contributed by atoms with E-state index in [1.54, 1.807) is 24.3 Å². The van der Waals surface area contributed by atoms with E-state index < -0.39 is 18.2 Å². The van der Waals surface area contributed by atoms with Gasteiger partial charge in [0.2, 0.25) is 0 Å². The van der Waals surface area contributed by atoms with Crippen LogP contribution in [0.25, 0.3) is 0 Å². The Morgan fingerprint density at radius 2 is 2.14 bits per heavy atom. The highest BCUT2D eigenvalue weighted by molar-refractivity contribution is 5.95. The number of likely N-dealkylation sites (tertiary alicyclic amines) is 1. The highest BCUT2D eigenvalue weighted by atomic mass is 16.5. The Labute approximate surface area is 129 Å². The lowest BCUT2D eigenvalue weighted by molar-refractivity contribution is -0.169. The molecule has 114 valence electrons. The third-order valence-corrected chi connectivity index (χ3v) is 3.60. The minimum absolute atomic E-state index is 0.0289. The summed E-state index contributed by atoms with van der Waals surface area (Å²) < 4.78 is 5.63. The van der Waals surface area contributed by atoms with E-state index >= 15 is 0 Å². The Hall–Kier alpha value is -2.58. The third kappa shape index (κ3) is 2.87. The molecule has 1 fully saturated rings. The summed E-state index contributed by atoms with van der Waals surface area (Å²) in [5.74, 6) is 2.21. The van der Waals surface area contributed by atoms with Crippen molar-refractivity contribution in [3.05, 3.63) is 42.5 Å². The number of aliphatic hydroxyl groups excluding tert-OH is 1. The van der Waals surface area contributed by atoms with Gasteiger partial charge in [-0.1, -0.05) is 30.7 Å². The molecule has 2 rings (SSSR count). The lowest BCUT2D eigenvalue weighted by Crippen LogP contribution is -2.71. The average Bonchev–Trinajstić information content (AvgIpc) is 2.52. The van der Waals surface area contributed by atoms with Crippen LogP contribution in [0.5, 0.6) is 5.75 Å². The molecule has 1 aliphatic rings. The van der Waals surface area contributed by atoms with E-state index in [4.69, 9.17) is 11.2 Å². The van der Waals surface area contributed by atoms with Crippen LogP contribution < -0.4 is 4.74 Å². The van der Waals surface area contributed by atoms with Gasteiger partial charge < -0.3 is 14.7 Å². The number of carbonyl (C=O) groups excluding carboxylic acids is 2. The number of hydrogen-bond donors (Lipinski definition) is 1. The fraction of sp³-hybridized carbons (Fsp3) is 0.294. The molecule has 3 atom stereocenters. The van der Waals surface area contributed by atoms with Gasteiger partial charge in [0.15, 0.2) is 11.9 Å². The van der Waals surface area contributed by atoms with Crippen LogP contribution >= 0.6 is 0 Å². The van der Waals surface area contributed by atoms with Gasteiger partial charge in [-0.3, -0.25) is 9.59 Å². The van der Waals surface area contributed by atoms with Gasteiger partial charge in [-0.05, 0) is 19.1 Å². The van der Waals surface area contributed by atoms with Gasteiger partial charge in [0.1, 0.15) is 17.9 Å². The van der Waals surface area contributed by atoms with Crippen LogP contribution in [0.1, 0.15) is 6.92 Å². The summed E-state index contributed by atoms with van der Waals surface area (Å²) >= 11 is 0. The molecule has 0 unspecified atom stereocenters. The van der Waals surface area contributed by atoms with Crippen molar-refractivity contribution < 1.29 is 19.4 Å². The molecule has 0 spiro atoms. The first kappa shape index (κ1) is 15.8. The van der Waals surface area contributed by atoms with Gasteiger partial charge in [0.25, 0.3) is 5.91 Å². The molecule has 0 aromatic heterocycles. The number of ketones is 1. The number of terminal acetylenes is 1. The maximum Gasteiger partial charge on any atom is 0.267 e. The topological polar surface area (TPSA) is 66.8 Å². The Kier molecular flexibility index (Phi) is 4.64. The predicted octanol–water partition coefficient (Wildman–Crippen LogP) is 0.784. The van der Waals surface area contributed by atoms with Crippen LogP contribution in [0.3, 0.4) is 0 Å². The number of nitrogens with zero attached hydrogens (tertiary/aromatic N) is 1. The van der Waals surface area contributed by atoms with Gasteiger partial charge in [-0.2, -0.15) is 0 Å². The van der Waals surface area contributed by atoms with Crippen molar-refractivity contribution in [2.24, 2.45) is 0 Å². The van der Waals surface area contributed by atoms with E-state index in [9.17, 15) is 14.7 Å². The van der Waals surface area contributed by atoms with Crippen LogP contribution in [0.4, 0.5) is 0 Å². The van der Waals surface area contributed by atoms with Crippen molar-refractivity contribution >= 4 is 11.7 Å². The number of hydrogen-bond acceptors (Lipinski definition) is 4. The minimum Gasteiger partial charge on any atom is -0.478 e. The second-order valence-corrected chi connectivity index (χ2v) is 5.04. The van der Waals surface area contributed by atoms with Crippen LogP contribution in [-0.4, -0.2) is 46.5 Å². The number of carbonyl (C=O) groups is 2. The molecular formula is C17H17NO4. The summed E-state index contributed by atoms with van der Waals surface area (Å²) in [6.45, 7) is 4.93. The molecule has 1 aromatic carbocycles. The number of rotatable bonds is 6. The van der Waals surface area contributed by atoms with Crippen molar-refractivity contribution in [2.75, 3.05) is 6.54 Å². The molecule has 1 saturated heterocycles. The van der Waals surface area contributed by atoms with Crippen LogP contribution in [0.15, 0.2) is 42.5 Å². The smallest absolute Gasteiger partial charge is 0.267 e. The van der Waals surface area contributed by atoms with E-state index in [1.165, 1.54) is 11.8 Å². The Morgan fingerprint density at radius 3 is 2.68 bits per heavy atom. The molecule has 0 saturated carbocycles. The largest absolute Gasteiger partial charge is 0.478 e. The second-order valence-electron chi connectivity index (χ2n) is 5.04. The standard InChI is InChI=1S/C17H17NO4/c1-4-10-18-14(15(20)11(2)12(3)19)16(17(18)21)22-13-8-6-5-7-9-13/h1,5-9,14-16,20H,2,10H2,3H3/t14-,15+,16+/m0/s1. The Bertz CT molecular complexity index is 632. The van der Waals surface area contributed by atoms with Crippen molar-refractivity contribution in [3.8, 4) is 18.1 Å². The fourth-order valence-electron chi connectivity index (χ4n) is 2.34. The first-order valence-electron chi connectivity index (χ1n) is 6.80. The number of benzene rings is 1. The average molecular weight is 299 g/mol. The van der Waals surface area contributed by atoms with Crippen molar-refractivity contribution in [1.29, 1.82) is 0 Å². The molecule has 1 N–H and O–H groups in total. The number of amides is 1. The molecule has 5 heteroatoms. The molecule has 1 aromatic rings. The third-order valence-electron chi connectivity index (χ3n) is 3.60. The van der Waals surface area contributed by atoms with Gasteiger partial charge >= 0.3 is 0 Å². The van der Waals surface area contributed by atoms with Gasteiger partial charge in [0.05, 0.1) is 6.54 Å². The van der Waals surface area contributed by atoms with Gasteiger partial charge in [-0.15, -0.1) is 6.42 Å². The molecule has 1 amide bonds. The van der Waals surface area contributed by atoms with Crippen molar-refractivity contribution in [2.45, 2.75) is 25.2 Å². The molecule has 22 heavy (non-hydrogen) atoms. The molecule has 0 aliphatic carbocycles. The molecule has 5 nitrogen and oxygen atoms in total. The first-order valence-corrected chi connectivity index (χ1v) is 6.80. The number of β-lactam (4-membered cyclic amide) rings is 1. The van der Waals surface area contributed by atoms with Crippen LogP contribution in [0.2, 0.25) is 0 Å². The first-order chi connectivity index (χ1) is 10.5. The SMILES string of the molecule is C#CCN1C(=O)[C@H](Oc2ccccc2)[C@@H]1[C@H](O)C(=C)C(C)=O. The summed E-state index contributed by atoms with van der Waals surface area (Å²) in [4.78, 5) is 24.9. The lowest BCUT2D eigenvalue weighted by atomic mass is 9.87. The van der Waals surface area contributed by atoms with E-state index in [0.29, 0.717) is 5.75 Å².